The summed E-state index contributed by atoms with van der Waals surface area (Å²) in [6.45, 7) is 0. The fourth-order valence-corrected chi connectivity index (χ4v) is 5.32. The lowest BCUT2D eigenvalue weighted by molar-refractivity contribution is 0.587. The van der Waals surface area contributed by atoms with Gasteiger partial charge in [-0.05, 0) is 58.4 Å². The summed E-state index contributed by atoms with van der Waals surface area (Å²) in [5, 5.41) is 5.13. The molecule has 2 aliphatic carbocycles. The van der Waals surface area contributed by atoms with E-state index in [2.05, 4.69) is 78.9 Å². The zero-order valence-electron chi connectivity index (χ0n) is 15.2. The summed E-state index contributed by atoms with van der Waals surface area (Å²) in [4.78, 5) is 4.90. The van der Waals surface area contributed by atoms with E-state index in [4.69, 9.17) is 4.98 Å². The molecule has 1 aromatic heterocycles. The van der Waals surface area contributed by atoms with E-state index in [0.717, 1.165) is 11.6 Å². The summed E-state index contributed by atoms with van der Waals surface area (Å²) in [6.07, 6.45) is 9.44. The molecule has 0 aliphatic heterocycles. The number of hydrogen-bond donors (Lipinski definition) is 0. The number of fused-ring (bicyclic) bond motifs is 4. The molecule has 1 heteroatoms. The first-order valence-electron chi connectivity index (χ1n) is 9.92. The van der Waals surface area contributed by atoms with Gasteiger partial charge in [-0.2, -0.15) is 0 Å². The first-order chi connectivity index (χ1) is 13.4. The van der Waals surface area contributed by atoms with Gasteiger partial charge < -0.3 is 0 Å². The average Bonchev–Trinajstić information content (AvgIpc) is 3.36. The summed E-state index contributed by atoms with van der Waals surface area (Å²) < 4.78 is 0. The molecule has 2 aliphatic rings. The molecule has 27 heavy (non-hydrogen) atoms. The zero-order chi connectivity index (χ0) is 17.8. The van der Waals surface area contributed by atoms with Gasteiger partial charge in [0.1, 0.15) is 0 Å². The predicted octanol–water partition coefficient (Wildman–Crippen LogP) is 6.73. The van der Waals surface area contributed by atoms with Crippen LogP contribution in [0.15, 0.2) is 85.1 Å². The van der Waals surface area contributed by atoms with Crippen LogP contribution in [-0.4, -0.2) is 4.98 Å². The first-order valence-corrected chi connectivity index (χ1v) is 9.92. The van der Waals surface area contributed by atoms with Crippen molar-refractivity contribution >= 4 is 21.5 Å². The topological polar surface area (TPSA) is 12.9 Å². The van der Waals surface area contributed by atoms with E-state index in [1.54, 1.807) is 0 Å². The Labute approximate surface area is 159 Å². The Hall–Kier alpha value is -2.93. The number of hydrogen-bond acceptors (Lipinski definition) is 1. The zero-order valence-corrected chi connectivity index (χ0v) is 15.2. The standard InChI is InChI=1S/C26H21N/c1-3-7-21-18(5-1)11-12-23(24-16-17-9-10-20(24)15-17)25(21)26-22-8-4-2-6-19(22)13-14-27-26/h1-14,17,20,24H,15-16H2/t17-,20+,24+/m1/s1. The Morgan fingerprint density at radius 1 is 0.704 bits per heavy atom. The van der Waals surface area contributed by atoms with Crippen LogP contribution < -0.4 is 0 Å². The summed E-state index contributed by atoms with van der Waals surface area (Å²) >= 11 is 0. The Kier molecular flexibility index (Phi) is 3.25. The third-order valence-electron chi connectivity index (χ3n) is 6.55. The minimum Gasteiger partial charge on any atom is -0.256 e. The van der Waals surface area contributed by atoms with Crippen LogP contribution in [0.2, 0.25) is 0 Å². The summed E-state index contributed by atoms with van der Waals surface area (Å²) in [7, 11) is 0. The lowest BCUT2D eigenvalue weighted by Gasteiger charge is -2.23. The van der Waals surface area contributed by atoms with E-state index < -0.39 is 0 Å². The SMILES string of the molecule is C1=C[C@H]2C[C@@H]1C[C@@H]2c1ccc2ccccc2c1-c1nccc2ccccc12. The van der Waals surface area contributed by atoms with Crippen LogP contribution in [0, 0.1) is 11.8 Å². The number of benzene rings is 3. The molecule has 4 aromatic rings. The van der Waals surface area contributed by atoms with Crippen LogP contribution in [0.5, 0.6) is 0 Å². The molecule has 0 unspecified atom stereocenters. The summed E-state index contributed by atoms with van der Waals surface area (Å²) in [5.74, 6) is 2.06. The molecular formula is C26H21N. The van der Waals surface area contributed by atoms with Gasteiger partial charge in [0.2, 0.25) is 0 Å². The maximum atomic E-state index is 4.90. The molecule has 0 amide bonds. The third-order valence-corrected chi connectivity index (χ3v) is 6.55. The number of pyridine rings is 1. The van der Waals surface area contributed by atoms with Crippen molar-refractivity contribution in [3.05, 3.63) is 90.6 Å². The van der Waals surface area contributed by atoms with Crippen molar-refractivity contribution in [2.24, 2.45) is 11.8 Å². The van der Waals surface area contributed by atoms with Gasteiger partial charge in [-0.25, -0.2) is 0 Å². The highest BCUT2D eigenvalue weighted by molar-refractivity contribution is 6.05. The largest absolute Gasteiger partial charge is 0.256 e. The van der Waals surface area contributed by atoms with E-state index in [-0.39, 0.29) is 0 Å². The highest BCUT2D eigenvalue weighted by Crippen LogP contribution is 2.52. The van der Waals surface area contributed by atoms with Gasteiger partial charge in [-0.3, -0.25) is 4.98 Å². The second-order valence-electron chi connectivity index (χ2n) is 8.02. The second-order valence-corrected chi connectivity index (χ2v) is 8.02. The van der Waals surface area contributed by atoms with Gasteiger partial charge in [-0.15, -0.1) is 0 Å². The molecule has 6 rings (SSSR count). The van der Waals surface area contributed by atoms with Crippen molar-refractivity contribution in [2.45, 2.75) is 18.8 Å². The molecular weight excluding hydrogens is 326 g/mol. The molecule has 0 N–H and O–H groups in total. The molecule has 1 nitrogen and oxygen atoms in total. The Balaban J connectivity index is 1.69. The quantitative estimate of drug-likeness (QED) is 0.366. The van der Waals surface area contributed by atoms with Crippen LogP contribution >= 0.6 is 0 Å². The fraction of sp³-hybridized carbons (Fsp3) is 0.192. The predicted molar refractivity (Wildman–Crippen MR) is 113 cm³/mol. The lowest BCUT2D eigenvalue weighted by atomic mass is 9.81. The minimum absolute atomic E-state index is 0.611. The molecule has 130 valence electrons. The Morgan fingerprint density at radius 2 is 1.48 bits per heavy atom. The van der Waals surface area contributed by atoms with E-state index in [1.165, 1.54) is 45.5 Å². The van der Waals surface area contributed by atoms with Crippen LogP contribution in [0.3, 0.4) is 0 Å². The maximum Gasteiger partial charge on any atom is 0.0789 e. The molecule has 1 fully saturated rings. The van der Waals surface area contributed by atoms with Crippen molar-refractivity contribution in [1.29, 1.82) is 0 Å². The molecule has 1 heterocycles. The molecule has 1 saturated carbocycles. The van der Waals surface area contributed by atoms with Crippen LogP contribution in [0.4, 0.5) is 0 Å². The molecule has 3 atom stereocenters. The first kappa shape index (κ1) is 15.2. The molecule has 0 saturated heterocycles. The summed E-state index contributed by atoms with van der Waals surface area (Å²) in [5.41, 5.74) is 3.96. The highest BCUT2D eigenvalue weighted by Gasteiger charge is 2.38. The second kappa shape index (κ2) is 5.79. The molecule has 0 radical (unpaired) electrons. The van der Waals surface area contributed by atoms with Gasteiger partial charge in [0, 0.05) is 17.1 Å². The smallest absolute Gasteiger partial charge is 0.0789 e. The van der Waals surface area contributed by atoms with E-state index in [1.807, 2.05) is 6.20 Å². The van der Waals surface area contributed by atoms with Gasteiger partial charge in [0.25, 0.3) is 0 Å². The van der Waals surface area contributed by atoms with Gasteiger partial charge in [0.05, 0.1) is 5.69 Å². The monoisotopic (exact) mass is 347 g/mol. The normalized spacial score (nSPS) is 23.5. The third kappa shape index (κ3) is 2.28. The van der Waals surface area contributed by atoms with E-state index in [9.17, 15) is 0 Å². The Bertz CT molecular complexity index is 1200. The molecule has 2 bridgehead atoms. The van der Waals surface area contributed by atoms with Crippen molar-refractivity contribution in [1.82, 2.24) is 4.98 Å². The van der Waals surface area contributed by atoms with E-state index in [0.29, 0.717) is 11.8 Å². The van der Waals surface area contributed by atoms with Gasteiger partial charge in [-0.1, -0.05) is 72.8 Å². The number of allylic oxidation sites excluding steroid dienone is 2. The number of aromatic nitrogens is 1. The van der Waals surface area contributed by atoms with Gasteiger partial charge >= 0.3 is 0 Å². The maximum absolute atomic E-state index is 4.90. The highest BCUT2D eigenvalue weighted by atomic mass is 14.7. The van der Waals surface area contributed by atoms with Crippen molar-refractivity contribution < 1.29 is 0 Å². The fourth-order valence-electron chi connectivity index (χ4n) is 5.32. The minimum atomic E-state index is 0.611. The number of rotatable bonds is 2. The average molecular weight is 347 g/mol. The Morgan fingerprint density at radius 3 is 2.26 bits per heavy atom. The van der Waals surface area contributed by atoms with Crippen LogP contribution in [0.25, 0.3) is 32.8 Å². The van der Waals surface area contributed by atoms with Crippen LogP contribution in [-0.2, 0) is 0 Å². The molecule has 0 spiro atoms. The lowest BCUT2D eigenvalue weighted by Crippen LogP contribution is -2.07. The van der Waals surface area contributed by atoms with E-state index >= 15 is 0 Å². The number of nitrogens with zero attached hydrogens (tertiary/aromatic N) is 1. The van der Waals surface area contributed by atoms with Crippen molar-refractivity contribution in [2.75, 3.05) is 0 Å². The van der Waals surface area contributed by atoms with Crippen molar-refractivity contribution in [3.8, 4) is 11.3 Å². The van der Waals surface area contributed by atoms with Crippen molar-refractivity contribution in [3.63, 3.8) is 0 Å². The van der Waals surface area contributed by atoms with Crippen LogP contribution in [0.1, 0.15) is 24.3 Å². The van der Waals surface area contributed by atoms with Gasteiger partial charge in [0.15, 0.2) is 0 Å². The molecule has 3 aromatic carbocycles. The summed E-state index contributed by atoms with van der Waals surface area (Å²) in [6, 6.07) is 24.2.